The summed E-state index contributed by atoms with van der Waals surface area (Å²) in [5, 5.41) is 6.28. The number of carbonyl (C=O) groups is 2. The van der Waals surface area contributed by atoms with Crippen molar-refractivity contribution in [3.63, 3.8) is 0 Å². The summed E-state index contributed by atoms with van der Waals surface area (Å²) in [4.78, 5) is 25.5. The van der Waals surface area contributed by atoms with Crippen molar-refractivity contribution in [3.05, 3.63) is 58.9 Å². The highest BCUT2D eigenvalue weighted by Crippen LogP contribution is 2.51. The van der Waals surface area contributed by atoms with E-state index >= 15 is 0 Å². The molecule has 3 atom stereocenters. The fourth-order valence-corrected chi connectivity index (χ4v) is 4.65. The maximum atomic E-state index is 13.0. The third-order valence-electron chi connectivity index (χ3n) is 6.71. The lowest BCUT2D eigenvalue weighted by atomic mass is 9.68. The molecule has 1 aliphatic carbocycles. The normalized spacial score (nSPS) is 30.3. The second kappa shape index (κ2) is 8.48. The largest absolute Gasteiger partial charge is 0.495 e. The Bertz CT molecular complexity index is 920. The van der Waals surface area contributed by atoms with Crippen molar-refractivity contribution in [3.8, 4) is 0 Å². The number of rotatable bonds is 6. The number of hydrogen-bond acceptors (Lipinski definition) is 5. The molecule has 2 unspecified atom stereocenters. The van der Waals surface area contributed by atoms with E-state index < -0.39 is 16.7 Å². The number of amides is 2. The molecule has 1 saturated heterocycles. The van der Waals surface area contributed by atoms with Gasteiger partial charge in [-0.05, 0) is 38.3 Å². The Hall–Kier alpha value is -2.64. The molecule has 166 valence electrons. The number of primary amides is 1. The monoisotopic (exact) mass is 425 g/mol. The smallest absolute Gasteiger partial charge is 0.247 e. The Balaban J connectivity index is 1.58. The van der Waals surface area contributed by atoms with Gasteiger partial charge in [0, 0.05) is 30.8 Å². The summed E-state index contributed by atoms with van der Waals surface area (Å²) in [6.07, 6.45) is 2.95. The van der Waals surface area contributed by atoms with Crippen LogP contribution in [0, 0.1) is 5.41 Å². The van der Waals surface area contributed by atoms with Crippen LogP contribution in [-0.2, 0) is 24.5 Å². The lowest BCUT2D eigenvalue weighted by Crippen LogP contribution is -2.42. The van der Waals surface area contributed by atoms with Crippen molar-refractivity contribution in [2.75, 3.05) is 32.8 Å². The van der Waals surface area contributed by atoms with Gasteiger partial charge < -0.3 is 25.8 Å². The number of nitrogens with two attached hydrogens (primary N) is 1. The van der Waals surface area contributed by atoms with Crippen molar-refractivity contribution in [2.45, 2.75) is 38.2 Å². The molecule has 0 radical (unpaired) electrons. The molecule has 7 nitrogen and oxygen atoms in total. The fraction of sp³-hybridized carbons (Fsp3) is 0.500. The lowest BCUT2D eigenvalue weighted by Gasteiger charge is -2.33. The van der Waals surface area contributed by atoms with Gasteiger partial charge >= 0.3 is 0 Å². The summed E-state index contributed by atoms with van der Waals surface area (Å²) in [7, 11) is 0. The van der Waals surface area contributed by atoms with Crippen molar-refractivity contribution < 1.29 is 19.1 Å². The minimum absolute atomic E-state index is 0.101. The number of nitrogens with one attached hydrogen (secondary N) is 2. The summed E-state index contributed by atoms with van der Waals surface area (Å²) >= 11 is 0. The Morgan fingerprint density at radius 3 is 2.71 bits per heavy atom. The molecule has 4 N–H and O–H groups in total. The first-order chi connectivity index (χ1) is 14.8. The van der Waals surface area contributed by atoms with Gasteiger partial charge in [-0.2, -0.15) is 0 Å². The molecule has 31 heavy (non-hydrogen) atoms. The number of carbonyl (C=O) groups excluding carboxylic acids is 2. The van der Waals surface area contributed by atoms with Crippen LogP contribution in [0.5, 0.6) is 0 Å². The van der Waals surface area contributed by atoms with Crippen LogP contribution in [0.3, 0.4) is 0 Å². The average molecular weight is 426 g/mol. The van der Waals surface area contributed by atoms with Gasteiger partial charge in [0.05, 0.1) is 18.1 Å². The van der Waals surface area contributed by atoms with E-state index in [0.717, 1.165) is 30.6 Å². The van der Waals surface area contributed by atoms with Crippen LogP contribution in [0.2, 0.25) is 0 Å². The van der Waals surface area contributed by atoms with Crippen LogP contribution in [0.1, 0.15) is 32.3 Å². The Morgan fingerprint density at radius 1 is 1.26 bits per heavy atom. The highest BCUT2D eigenvalue weighted by molar-refractivity contribution is 5.97. The average Bonchev–Trinajstić information content (AvgIpc) is 3.13. The Kier molecular flexibility index (Phi) is 5.90. The molecule has 4 rings (SSSR count). The topological polar surface area (TPSA) is 103 Å². The van der Waals surface area contributed by atoms with Crippen LogP contribution < -0.4 is 16.4 Å². The molecule has 0 aromatic heterocycles. The summed E-state index contributed by atoms with van der Waals surface area (Å²) in [5.41, 5.74) is 6.78. The van der Waals surface area contributed by atoms with Crippen molar-refractivity contribution in [2.24, 2.45) is 11.1 Å². The molecule has 2 amide bonds. The standard InChI is InChI=1S/C24H31N3O4/c1-23(22(25)29)13-16(21(28)27-9-8-18-14-26-10-11-30-18)12-19-20(23)31-15-24(19,2)17-6-4-3-5-7-17/h3-7,12,18,26H,8-11,13-15H2,1-2H3,(H2,25,29)(H,27,28)/t18-,23?,24?/m1/s1. The third kappa shape index (κ3) is 4.00. The molecule has 2 heterocycles. The SMILES string of the molecule is CC1(C(N)=O)CC(C(=O)NCC[C@@H]2CNCCO2)=CC2=C1OCC2(C)c1ccccc1. The van der Waals surface area contributed by atoms with Gasteiger partial charge in [0.25, 0.3) is 0 Å². The Labute approximate surface area is 183 Å². The van der Waals surface area contributed by atoms with E-state index in [1.807, 2.05) is 36.4 Å². The molecular weight excluding hydrogens is 394 g/mol. The molecule has 2 aliphatic heterocycles. The van der Waals surface area contributed by atoms with Gasteiger partial charge in [-0.3, -0.25) is 9.59 Å². The van der Waals surface area contributed by atoms with Gasteiger partial charge in [0.1, 0.15) is 17.8 Å². The van der Waals surface area contributed by atoms with E-state index in [1.165, 1.54) is 0 Å². The van der Waals surface area contributed by atoms with Gasteiger partial charge in [-0.1, -0.05) is 30.3 Å². The number of allylic oxidation sites excluding steroid dienone is 1. The van der Waals surface area contributed by atoms with Crippen LogP contribution in [0.25, 0.3) is 0 Å². The van der Waals surface area contributed by atoms with E-state index in [4.69, 9.17) is 15.2 Å². The fourth-order valence-electron chi connectivity index (χ4n) is 4.65. The van der Waals surface area contributed by atoms with Gasteiger partial charge in [-0.25, -0.2) is 0 Å². The summed E-state index contributed by atoms with van der Waals surface area (Å²) in [6.45, 7) is 7.11. The first-order valence-electron chi connectivity index (χ1n) is 10.9. The number of ether oxygens (including phenoxy) is 2. The van der Waals surface area contributed by atoms with Crippen LogP contribution in [0.15, 0.2) is 53.3 Å². The van der Waals surface area contributed by atoms with Crippen LogP contribution in [0.4, 0.5) is 0 Å². The van der Waals surface area contributed by atoms with Crippen molar-refractivity contribution in [1.82, 2.24) is 10.6 Å². The van der Waals surface area contributed by atoms with Gasteiger partial charge in [0.15, 0.2) is 0 Å². The quantitative estimate of drug-likeness (QED) is 0.642. The molecule has 0 spiro atoms. The molecular formula is C24H31N3O4. The van der Waals surface area contributed by atoms with E-state index in [1.54, 1.807) is 6.92 Å². The molecule has 1 aromatic rings. The maximum absolute atomic E-state index is 13.0. The van der Waals surface area contributed by atoms with Gasteiger partial charge in [-0.15, -0.1) is 0 Å². The van der Waals surface area contributed by atoms with E-state index in [2.05, 4.69) is 17.6 Å². The minimum Gasteiger partial charge on any atom is -0.495 e. The zero-order valence-electron chi connectivity index (χ0n) is 18.2. The summed E-state index contributed by atoms with van der Waals surface area (Å²) < 4.78 is 11.8. The molecule has 1 fully saturated rings. The van der Waals surface area contributed by atoms with Crippen molar-refractivity contribution in [1.29, 1.82) is 0 Å². The predicted molar refractivity (Wildman–Crippen MR) is 117 cm³/mol. The number of morpholine rings is 1. The lowest BCUT2D eigenvalue weighted by molar-refractivity contribution is -0.127. The molecule has 1 aromatic carbocycles. The van der Waals surface area contributed by atoms with Crippen LogP contribution in [-0.4, -0.2) is 50.8 Å². The zero-order chi connectivity index (χ0) is 22.1. The first kappa shape index (κ1) is 21.6. The van der Waals surface area contributed by atoms with E-state index in [9.17, 15) is 9.59 Å². The van der Waals surface area contributed by atoms with Crippen molar-refractivity contribution >= 4 is 11.8 Å². The number of benzene rings is 1. The summed E-state index contributed by atoms with van der Waals surface area (Å²) in [6, 6.07) is 10.0. The van der Waals surface area contributed by atoms with E-state index in [0.29, 0.717) is 31.1 Å². The second-order valence-electron chi connectivity index (χ2n) is 9.01. The van der Waals surface area contributed by atoms with Crippen LogP contribution >= 0.6 is 0 Å². The molecule has 0 bridgehead atoms. The molecule has 7 heteroatoms. The highest BCUT2D eigenvalue weighted by atomic mass is 16.5. The molecule has 0 saturated carbocycles. The molecule has 3 aliphatic rings. The van der Waals surface area contributed by atoms with Gasteiger partial charge in [0.2, 0.25) is 11.8 Å². The predicted octanol–water partition coefficient (Wildman–Crippen LogP) is 1.55. The first-order valence-corrected chi connectivity index (χ1v) is 10.9. The van der Waals surface area contributed by atoms with E-state index in [-0.39, 0.29) is 18.4 Å². The minimum atomic E-state index is -1.06. The third-order valence-corrected chi connectivity index (χ3v) is 6.71. The number of hydrogen-bond donors (Lipinski definition) is 3. The summed E-state index contributed by atoms with van der Waals surface area (Å²) in [5.74, 6) is -0.0768. The zero-order valence-corrected chi connectivity index (χ0v) is 18.2. The maximum Gasteiger partial charge on any atom is 0.247 e. The highest BCUT2D eigenvalue weighted by Gasteiger charge is 2.51. The second-order valence-corrected chi connectivity index (χ2v) is 9.01. The Morgan fingerprint density at radius 2 is 2.03 bits per heavy atom.